The molecule has 1 heterocycles. The first-order valence-electron chi connectivity index (χ1n) is 5.34. The van der Waals surface area contributed by atoms with Gasteiger partial charge in [-0.25, -0.2) is 4.79 Å². The van der Waals surface area contributed by atoms with Crippen molar-refractivity contribution in [3.05, 3.63) is 31.2 Å². The van der Waals surface area contributed by atoms with Crippen LogP contribution in [0.4, 0.5) is 0 Å². The number of esters is 1. The normalized spacial score (nSPS) is 11.7. The van der Waals surface area contributed by atoms with Crippen molar-refractivity contribution >= 4 is 33.2 Å². The minimum absolute atomic E-state index is 0.287. The first-order chi connectivity index (χ1) is 8.70. The number of nitrogens with zero attached hydrogens (tertiary/aromatic N) is 3. The van der Waals surface area contributed by atoms with Crippen LogP contribution in [-0.2, 0) is 9.53 Å². The second kappa shape index (κ2) is 8.10. The zero-order valence-electron chi connectivity index (χ0n) is 9.80. The molecule has 0 aliphatic carbocycles. The molecule has 0 aliphatic heterocycles. The number of azide groups is 1. The maximum Gasteiger partial charge on any atom is 0.328 e. The fourth-order valence-electron chi connectivity index (χ4n) is 1.32. The van der Waals surface area contributed by atoms with Crippen molar-refractivity contribution in [2.45, 2.75) is 13.0 Å². The average Bonchev–Trinajstić information content (AvgIpc) is 2.76. The van der Waals surface area contributed by atoms with Crippen LogP contribution in [0.5, 0.6) is 0 Å². The van der Waals surface area contributed by atoms with E-state index in [2.05, 4.69) is 31.3 Å². The van der Waals surface area contributed by atoms with Crippen molar-refractivity contribution < 1.29 is 9.53 Å². The summed E-state index contributed by atoms with van der Waals surface area (Å²) in [5.41, 5.74) is 8.19. The van der Waals surface area contributed by atoms with Gasteiger partial charge < -0.3 is 4.74 Å². The van der Waals surface area contributed by atoms with Gasteiger partial charge >= 0.3 is 5.97 Å². The number of rotatable bonds is 7. The summed E-state index contributed by atoms with van der Waals surface area (Å²) in [5.74, 6) is -0.332. The SMILES string of the molecule is CCOC(=O)C(NCCN=[N+]=[N-])c1sccc1Br. The Kier molecular flexibility index (Phi) is 6.74. The summed E-state index contributed by atoms with van der Waals surface area (Å²) in [5, 5.41) is 8.32. The lowest BCUT2D eigenvalue weighted by atomic mass is 10.2. The van der Waals surface area contributed by atoms with E-state index in [0.717, 1.165) is 9.35 Å². The van der Waals surface area contributed by atoms with Gasteiger partial charge in [-0.1, -0.05) is 5.11 Å². The van der Waals surface area contributed by atoms with Crippen LogP contribution in [0.15, 0.2) is 21.0 Å². The molecule has 0 saturated carbocycles. The van der Waals surface area contributed by atoms with E-state index < -0.39 is 6.04 Å². The van der Waals surface area contributed by atoms with Gasteiger partial charge in [0.25, 0.3) is 0 Å². The number of halogens is 1. The zero-order chi connectivity index (χ0) is 13.4. The molecule has 0 radical (unpaired) electrons. The van der Waals surface area contributed by atoms with Gasteiger partial charge in [0, 0.05) is 27.4 Å². The summed E-state index contributed by atoms with van der Waals surface area (Å²) in [6.45, 7) is 2.79. The summed E-state index contributed by atoms with van der Waals surface area (Å²) < 4.78 is 5.88. The smallest absolute Gasteiger partial charge is 0.328 e. The van der Waals surface area contributed by atoms with Gasteiger partial charge in [-0.05, 0) is 39.8 Å². The third-order valence-electron chi connectivity index (χ3n) is 2.05. The molecular weight excluding hydrogens is 320 g/mol. The largest absolute Gasteiger partial charge is 0.465 e. The van der Waals surface area contributed by atoms with Gasteiger partial charge in [0.1, 0.15) is 6.04 Å². The molecule has 0 saturated heterocycles. The van der Waals surface area contributed by atoms with E-state index in [-0.39, 0.29) is 12.5 Å². The molecular formula is C10H13BrN4O2S. The summed E-state index contributed by atoms with van der Waals surface area (Å²) in [4.78, 5) is 15.4. The van der Waals surface area contributed by atoms with Crippen molar-refractivity contribution in [1.29, 1.82) is 0 Å². The molecule has 0 bridgehead atoms. The molecule has 18 heavy (non-hydrogen) atoms. The Morgan fingerprint density at radius 1 is 1.78 bits per heavy atom. The quantitative estimate of drug-likeness (QED) is 0.273. The summed E-state index contributed by atoms with van der Waals surface area (Å²) >= 11 is 4.85. The highest BCUT2D eigenvalue weighted by Gasteiger charge is 2.24. The Balaban J connectivity index is 2.72. The lowest BCUT2D eigenvalue weighted by Gasteiger charge is -2.16. The van der Waals surface area contributed by atoms with Crippen LogP contribution in [0.3, 0.4) is 0 Å². The van der Waals surface area contributed by atoms with Crippen LogP contribution in [0.1, 0.15) is 17.8 Å². The standard InChI is InChI=1S/C10H13BrN4O2S/c1-2-17-10(16)8(13-4-5-14-15-12)9-7(11)3-6-18-9/h3,6,8,13H,2,4-5H2,1H3. The van der Waals surface area contributed by atoms with E-state index in [0.29, 0.717) is 13.2 Å². The molecule has 1 rings (SSSR count). The molecule has 8 heteroatoms. The molecule has 1 aromatic heterocycles. The molecule has 0 fully saturated rings. The van der Waals surface area contributed by atoms with E-state index in [1.807, 2.05) is 11.4 Å². The van der Waals surface area contributed by atoms with Crippen LogP contribution in [0, 0.1) is 0 Å². The lowest BCUT2D eigenvalue weighted by Crippen LogP contribution is -2.31. The van der Waals surface area contributed by atoms with Crippen molar-refractivity contribution in [2.24, 2.45) is 5.11 Å². The highest BCUT2D eigenvalue weighted by Crippen LogP contribution is 2.29. The second-order valence-electron chi connectivity index (χ2n) is 3.23. The summed E-state index contributed by atoms with van der Waals surface area (Å²) in [6.07, 6.45) is 0. The molecule has 98 valence electrons. The molecule has 6 nitrogen and oxygen atoms in total. The van der Waals surface area contributed by atoms with Gasteiger partial charge in [0.15, 0.2) is 0 Å². The third kappa shape index (κ3) is 4.30. The minimum Gasteiger partial charge on any atom is -0.465 e. The van der Waals surface area contributed by atoms with Crippen molar-refractivity contribution in [3.8, 4) is 0 Å². The fourth-order valence-corrected chi connectivity index (χ4v) is 2.99. The first-order valence-corrected chi connectivity index (χ1v) is 7.01. The number of hydrogen-bond donors (Lipinski definition) is 1. The van der Waals surface area contributed by atoms with Gasteiger partial charge in [-0.2, -0.15) is 0 Å². The molecule has 1 atom stereocenters. The van der Waals surface area contributed by atoms with Gasteiger partial charge in [-0.15, -0.1) is 11.3 Å². The minimum atomic E-state index is -0.534. The summed E-state index contributed by atoms with van der Waals surface area (Å²) in [6, 6.07) is 1.34. The number of hydrogen-bond acceptors (Lipinski definition) is 5. The number of carbonyl (C=O) groups excluding carboxylic acids is 1. The zero-order valence-corrected chi connectivity index (χ0v) is 12.2. The van der Waals surface area contributed by atoms with E-state index in [4.69, 9.17) is 10.3 Å². The van der Waals surface area contributed by atoms with Crippen LogP contribution < -0.4 is 5.32 Å². The maximum absolute atomic E-state index is 11.9. The predicted octanol–water partition coefficient (Wildman–Crippen LogP) is 3.01. The molecule has 1 aromatic rings. The van der Waals surface area contributed by atoms with E-state index >= 15 is 0 Å². The number of thiophene rings is 1. The van der Waals surface area contributed by atoms with Crippen molar-refractivity contribution in [2.75, 3.05) is 19.7 Å². The van der Waals surface area contributed by atoms with Gasteiger partial charge in [-0.3, -0.25) is 5.32 Å². The van der Waals surface area contributed by atoms with Crippen molar-refractivity contribution in [1.82, 2.24) is 5.32 Å². The predicted molar refractivity (Wildman–Crippen MR) is 73.4 cm³/mol. The molecule has 1 N–H and O–H groups in total. The Hall–Kier alpha value is -1.08. The molecule has 0 spiro atoms. The third-order valence-corrected chi connectivity index (χ3v) is 3.99. The first kappa shape index (κ1) is 15.0. The number of carbonyl (C=O) groups is 1. The Labute approximate surface area is 117 Å². The van der Waals surface area contributed by atoms with Crippen molar-refractivity contribution in [3.63, 3.8) is 0 Å². The van der Waals surface area contributed by atoms with Gasteiger partial charge in [0.05, 0.1) is 6.61 Å². The summed E-state index contributed by atoms with van der Waals surface area (Å²) in [7, 11) is 0. The van der Waals surface area contributed by atoms with Gasteiger partial charge in [0.2, 0.25) is 0 Å². The van der Waals surface area contributed by atoms with Crippen LogP contribution in [0.2, 0.25) is 0 Å². The maximum atomic E-state index is 11.9. The fraction of sp³-hybridized carbons (Fsp3) is 0.500. The van der Waals surface area contributed by atoms with Crippen LogP contribution >= 0.6 is 27.3 Å². The van der Waals surface area contributed by atoms with Crippen LogP contribution in [-0.4, -0.2) is 25.7 Å². The lowest BCUT2D eigenvalue weighted by molar-refractivity contribution is -0.145. The molecule has 0 aliphatic rings. The number of nitrogens with one attached hydrogen (secondary N) is 1. The molecule has 0 amide bonds. The molecule has 1 unspecified atom stereocenters. The molecule has 0 aromatic carbocycles. The van der Waals surface area contributed by atoms with E-state index in [1.165, 1.54) is 11.3 Å². The average molecular weight is 333 g/mol. The highest BCUT2D eigenvalue weighted by atomic mass is 79.9. The van der Waals surface area contributed by atoms with E-state index in [9.17, 15) is 4.79 Å². The monoisotopic (exact) mass is 332 g/mol. The highest BCUT2D eigenvalue weighted by molar-refractivity contribution is 9.10. The Morgan fingerprint density at radius 2 is 2.56 bits per heavy atom. The Bertz CT molecular complexity index is 445. The van der Waals surface area contributed by atoms with E-state index in [1.54, 1.807) is 6.92 Å². The topological polar surface area (TPSA) is 87.1 Å². The Morgan fingerprint density at radius 3 is 3.11 bits per heavy atom. The van der Waals surface area contributed by atoms with Crippen LogP contribution in [0.25, 0.3) is 10.4 Å². The second-order valence-corrected chi connectivity index (χ2v) is 5.03. The number of ether oxygens (including phenoxy) is 1.